The van der Waals surface area contributed by atoms with Crippen LogP contribution in [-0.2, 0) is 7.05 Å². The largest absolute Gasteiger partial charge is 0.356 e. The molecule has 0 atom stereocenters. The average Bonchev–Trinajstić information content (AvgIpc) is 1.82. The summed E-state index contributed by atoms with van der Waals surface area (Å²) >= 11 is 0. The van der Waals surface area contributed by atoms with E-state index in [0.29, 0.717) is 0 Å². The molecule has 0 fully saturated rings. The zero-order valence-electron chi connectivity index (χ0n) is 6.51. The molecule has 0 N–H and O–H groups in total. The van der Waals surface area contributed by atoms with E-state index in [2.05, 4.69) is 0 Å². The molecule has 2 heteroatoms. The minimum Gasteiger partial charge on any atom is -0.356 e. The Morgan fingerprint density at radius 1 is 1.20 bits per heavy atom. The maximum atomic E-state index is 11.1. The van der Waals surface area contributed by atoms with E-state index in [9.17, 15) is 4.79 Å². The Hall–Kier alpha value is -1.05. The molecule has 0 aliphatic rings. The molecular weight excluding hydrogens is 126 g/mol. The van der Waals surface area contributed by atoms with Gasteiger partial charge in [0, 0.05) is 30.6 Å². The predicted octanol–water partition coefficient (Wildman–Crippen LogP) is 1.00. The summed E-state index contributed by atoms with van der Waals surface area (Å²) in [5.41, 5.74) is 1.77. The van der Waals surface area contributed by atoms with Crippen LogP contribution in [0, 0.1) is 13.8 Å². The summed E-state index contributed by atoms with van der Waals surface area (Å²) in [6.45, 7) is 3.66. The highest BCUT2D eigenvalue weighted by Crippen LogP contribution is 1.91. The molecule has 0 saturated carbocycles. The van der Waals surface area contributed by atoms with E-state index < -0.39 is 0 Å². The van der Waals surface area contributed by atoms with Crippen molar-refractivity contribution in [3.63, 3.8) is 0 Å². The molecule has 0 spiro atoms. The number of hydrogen-bond acceptors (Lipinski definition) is 1. The van der Waals surface area contributed by atoms with Gasteiger partial charge in [-0.25, -0.2) is 0 Å². The second kappa shape index (κ2) is 2.29. The van der Waals surface area contributed by atoms with E-state index in [1.54, 1.807) is 0 Å². The van der Waals surface area contributed by atoms with E-state index in [-0.39, 0.29) is 5.43 Å². The lowest BCUT2D eigenvalue weighted by Gasteiger charge is -2.00. The minimum absolute atomic E-state index is 0.151. The first-order valence-electron chi connectivity index (χ1n) is 3.25. The third-order valence-corrected chi connectivity index (χ3v) is 1.51. The lowest BCUT2D eigenvalue weighted by molar-refractivity contribution is 0.878. The van der Waals surface area contributed by atoms with Crippen molar-refractivity contribution in [1.29, 1.82) is 0 Å². The van der Waals surface area contributed by atoms with Gasteiger partial charge in [0.1, 0.15) is 0 Å². The monoisotopic (exact) mass is 137 g/mol. The normalized spacial score (nSPS) is 9.90. The molecule has 0 bridgehead atoms. The summed E-state index contributed by atoms with van der Waals surface area (Å²) in [5, 5.41) is 0. The first-order chi connectivity index (χ1) is 4.61. The van der Waals surface area contributed by atoms with Gasteiger partial charge in [0.15, 0.2) is 5.43 Å². The highest BCUT2D eigenvalue weighted by molar-refractivity contribution is 5.16. The van der Waals surface area contributed by atoms with E-state index in [0.717, 1.165) is 11.1 Å². The van der Waals surface area contributed by atoms with Crippen LogP contribution in [0.25, 0.3) is 0 Å². The van der Waals surface area contributed by atoms with E-state index in [1.807, 2.05) is 37.9 Å². The first-order valence-corrected chi connectivity index (χ1v) is 3.25. The lowest BCUT2D eigenvalue weighted by atomic mass is 10.2. The van der Waals surface area contributed by atoms with Crippen LogP contribution < -0.4 is 5.43 Å². The Balaban J connectivity index is 3.46. The molecule has 0 radical (unpaired) electrons. The number of aryl methyl sites for hydroxylation is 3. The molecule has 0 aliphatic carbocycles. The molecule has 10 heavy (non-hydrogen) atoms. The Morgan fingerprint density at radius 3 is 2.00 bits per heavy atom. The van der Waals surface area contributed by atoms with Crippen molar-refractivity contribution in [3.8, 4) is 0 Å². The Morgan fingerprint density at radius 2 is 1.60 bits per heavy atom. The smallest absolute Gasteiger partial charge is 0.187 e. The fraction of sp³-hybridized carbons (Fsp3) is 0.375. The Kier molecular flexibility index (Phi) is 1.62. The third-order valence-electron chi connectivity index (χ3n) is 1.51. The van der Waals surface area contributed by atoms with Crippen molar-refractivity contribution in [2.45, 2.75) is 13.8 Å². The maximum Gasteiger partial charge on any atom is 0.187 e. The van der Waals surface area contributed by atoms with Crippen molar-refractivity contribution in [2.75, 3.05) is 0 Å². The Bertz CT molecular complexity index is 272. The van der Waals surface area contributed by atoms with Gasteiger partial charge in [0.25, 0.3) is 0 Å². The molecule has 1 aromatic rings. The molecule has 2 nitrogen and oxygen atoms in total. The molecule has 0 amide bonds. The fourth-order valence-electron chi connectivity index (χ4n) is 1.08. The van der Waals surface area contributed by atoms with Gasteiger partial charge in [-0.2, -0.15) is 0 Å². The molecule has 0 saturated heterocycles. The number of aromatic nitrogens is 1. The van der Waals surface area contributed by atoms with Crippen molar-refractivity contribution in [1.82, 2.24) is 4.57 Å². The van der Waals surface area contributed by atoms with Crippen molar-refractivity contribution < 1.29 is 0 Å². The van der Waals surface area contributed by atoms with Gasteiger partial charge in [0.05, 0.1) is 0 Å². The third kappa shape index (κ3) is 1.10. The van der Waals surface area contributed by atoms with Crippen molar-refractivity contribution in [3.05, 3.63) is 33.7 Å². The fourth-order valence-corrected chi connectivity index (χ4v) is 1.08. The van der Waals surface area contributed by atoms with Gasteiger partial charge in [-0.05, 0) is 13.8 Å². The quantitative estimate of drug-likeness (QED) is 0.523. The topological polar surface area (TPSA) is 22.0 Å². The number of hydrogen-bond donors (Lipinski definition) is 0. The molecule has 54 valence electrons. The van der Waals surface area contributed by atoms with Crippen molar-refractivity contribution in [2.24, 2.45) is 7.05 Å². The Labute approximate surface area is 60.1 Å². The standard InChI is InChI=1S/C8H11NO/c1-6-4-9(3)5-7(2)8(6)10/h4-5H,1-3H3. The SMILES string of the molecule is Cc1cn(C)cc(C)c1=O. The summed E-state index contributed by atoms with van der Waals surface area (Å²) in [7, 11) is 1.92. The summed E-state index contributed by atoms with van der Waals surface area (Å²) in [5.74, 6) is 0. The molecule has 1 aromatic heterocycles. The molecular formula is C8H11NO. The summed E-state index contributed by atoms with van der Waals surface area (Å²) in [6, 6.07) is 0. The highest BCUT2D eigenvalue weighted by Gasteiger charge is 1.95. The summed E-state index contributed by atoms with van der Waals surface area (Å²) in [6.07, 6.45) is 3.66. The first kappa shape index (κ1) is 7.06. The molecule has 1 rings (SSSR count). The van der Waals surface area contributed by atoms with E-state index in [4.69, 9.17) is 0 Å². The van der Waals surface area contributed by atoms with Crippen LogP contribution in [-0.4, -0.2) is 4.57 Å². The van der Waals surface area contributed by atoms with Crippen LogP contribution >= 0.6 is 0 Å². The van der Waals surface area contributed by atoms with E-state index >= 15 is 0 Å². The van der Waals surface area contributed by atoms with Gasteiger partial charge in [-0.15, -0.1) is 0 Å². The number of nitrogens with zero attached hydrogens (tertiary/aromatic N) is 1. The van der Waals surface area contributed by atoms with Crippen molar-refractivity contribution >= 4 is 0 Å². The lowest BCUT2D eigenvalue weighted by Crippen LogP contribution is -2.11. The summed E-state index contributed by atoms with van der Waals surface area (Å²) < 4.78 is 1.89. The van der Waals surface area contributed by atoms with Crippen LogP contribution in [0.4, 0.5) is 0 Å². The number of pyridine rings is 1. The van der Waals surface area contributed by atoms with Crippen LogP contribution in [0.2, 0.25) is 0 Å². The zero-order chi connectivity index (χ0) is 7.72. The molecule has 0 unspecified atom stereocenters. The minimum atomic E-state index is 0.151. The van der Waals surface area contributed by atoms with Crippen LogP contribution in [0.1, 0.15) is 11.1 Å². The average molecular weight is 137 g/mol. The van der Waals surface area contributed by atoms with Gasteiger partial charge in [-0.1, -0.05) is 0 Å². The van der Waals surface area contributed by atoms with Crippen LogP contribution in [0.5, 0.6) is 0 Å². The molecule has 1 heterocycles. The molecule has 0 aromatic carbocycles. The number of rotatable bonds is 0. The van der Waals surface area contributed by atoms with Gasteiger partial charge in [-0.3, -0.25) is 4.79 Å². The second-order valence-electron chi connectivity index (χ2n) is 2.62. The van der Waals surface area contributed by atoms with Crippen LogP contribution in [0.15, 0.2) is 17.2 Å². The van der Waals surface area contributed by atoms with Crippen LogP contribution in [0.3, 0.4) is 0 Å². The van der Waals surface area contributed by atoms with Gasteiger partial charge >= 0.3 is 0 Å². The maximum absolute atomic E-state index is 11.1. The predicted molar refractivity (Wildman–Crippen MR) is 41.2 cm³/mol. The van der Waals surface area contributed by atoms with Gasteiger partial charge in [0.2, 0.25) is 0 Å². The van der Waals surface area contributed by atoms with Gasteiger partial charge < -0.3 is 4.57 Å². The summed E-state index contributed by atoms with van der Waals surface area (Å²) in [4.78, 5) is 11.1. The zero-order valence-corrected chi connectivity index (χ0v) is 6.51. The molecule has 0 aliphatic heterocycles. The van der Waals surface area contributed by atoms with E-state index in [1.165, 1.54) is 0 Å². The highest BCUT2D eigenvalue weighted by atomic mass is 16.1. The second-order valence-corrected chi connectivity index (χ2v) is 2.62.